The maximum absolute atomic E-state index is 13.4. The molecule has 0 fully saturated rings. The number of thiol groups is 1. The van der Waals surface area contributed by atoms with Gasteiger partial charge in [0.05, 0.1) is 18.6 Å². The van der Waals surface area contributed by atoms with E-state index in [0.717, 1.165) is 6.07 Å². The van der Waals surface area contributed by atoms with Crippen LogP contribution in [0.1, 0.15) is 22.8 Å². The summed E-state index contributed by atoms with van der Waals surface area (Å²) in [6, 6.07) is 2.43. The van der Waals surface area contributed by atoms with Gasteiger partial charge in [-0.05, 0) is 24.6 Å². The molecule has 6 heteroatoms. The highest BCUT2D eigenvalue weighted by atomic mass is 79.9. The Hall–Kier alpha value is -0.880. The number of ether oxygens (including phenoxy) is 1. The molecule has 17 heavy (non-hydrogen) atoms. The standard InChI is InChI=1S/C11H10BrFO3S/c1-2-16-10(14)4-6-3-7(11(15)17)9(13)5-8(6)12/h3,5H,2,4H2,1H3,(H,15,17). The van der Waals surface area contributed by atoms with Crippen molar-refractivity contribution in [2.24, 2.45) is 0 Å². The molecule has 0 spiro atoms. The zero-order valence-electron chi connectivity index (χ0n) is 9.00. The van der Waals surface area contributed by atoms with Crippen molar-refractivity contribution in [3.63, 3.8) is 0 Å². The smallest absolute Gasteiger partial charge is 0.310 e. The van der Waals surface area contributed by atoms with Crippen LogP contribution in [0.25, 0.3) is 0 Å². The predicted molar refractivity (Wildman–Crippen MR) is 67.8 cm³/mol. The lowest BCUT2D eigenvalue weighted by Crippen LogP contribution is -2.09. The molecule has 0 N–H and O–H groups in total. The summed E-state index contributed by atoms with van der Waals surface area (Å²) in [5.74, 6) is -1.11. The Labute approximate surface area is 112 Å². The van der Waals surface area contributed by atoms with Crippen molar-refractivity contribution in [1.29, 1.82) is 0 Å². The van der Waals surface area contributed by atoms with E-state index in [-0.39, 0.29) is 18.6 Å². The van der Waals surface area contributed by atoms with Crippen molar-refractivity contribution < 1.29 is 18.7 Å². The quantitative estimate of drug-likeness (QED) is 0.685. The zero-order chi connectivity index (χ0) is 13.0. The molecule has 0 atom stereocenters. The Morgan fingerprint density at radius 1 is 1.47 bits per heavy atom. The number of carbonyl (C=O) groups excluding carboxylic acids is 2. The summed E-state index contributed by atoms with van der Waals surface area (Å²) in [5.41, 5.74) is 0.332. The fraction of sp³-hybridized carbons (Fsp3) is 0.273. The van der Waals surface area contributed by atoms with Gasteiger partial charge in [0.15, 0.2) is 0 Å². The van der Waals surface area contributed by atoms with E-state index in [1.54, 1.807) is 6.92 Å². The number of hydrogen-bond donors (Lipinski definition) is 1. The molecule has 0 saturated carbocycles. The van der Waals surface area contributed by atoms with Gasteiger partial charge in [0.25, 0.3) is 0 Å². The third-order valence-corrected chi connectivity index (χ3v) is 2.99. The van der Waals surface area contributed by atoms with Gasteiger partial charge >= 0.3 is 5.97 Å². The number of benzene rings is 1. The second-order valence-corrected chi connectivity index (χ2v) is 4.47. The van der Waals surface area contributed by atoms with Crippen LogP contribution in [0.2, 0.25) is 0 Å². The summed E-state index contributed by atoms with van der Waals surface area (Å²) < 4.78 is 18.5. The van der Waals surface area contributed by atoms with Crippen LogP contribution in [0.5, 0.6) is 0 Å². The highest BCUT2D eigenvalue weighted by molar-refractivity contribution is 9.10. The Bertz CT molecular complexity index is 462. The summed E-state index contributed by atoms with van der Waals surface area (Å²) in [6.07, 6.45) is -0.0250. The van der Waals surface area contributed by atoms with Gasteiger partial charge in [-0.1, -0.05) is 15.9 Å². The monoisotopic (exact) mass is 320 g/mol. The summed E-state index contributed by atoms with van der Waals surface area (Å²) in [4.78, 5) is 22.3. The molecule has 0 aromatic heterocycles. The number of halogens is 2. The van der Waals surface area contributed by atoms with Crippen molar-refractivity contribution in [2.75, 3.05) is 6.61 Å². The van der Waals surface area contributed by atoms with Gasteiger partial charge in [-0.2, -0.15) is 0 Å². The molecule has 0 unspecified atom stereocenters. The van der Waals surface area contributed by atoms with E-state index in [0.29, 0.717) is 10.0 Å². The molecule has 1 rings (SSSR count). The lowest BCUT2D eigenvalue weighted by Gasteiger charge is -2.07. The van der Waals surface area contributed by atoms with E-state index >= 15 is 0 Å². The van der Waals surface area contributed by atoms with Crippen LogP contribution in [0.3, 0.4) is 0 Å². The van der Waals surface area contributed by atoms with Gasteiger partial charge in [-0.25, -0.2) is 4.39 Å². The number of esters is 1. The molecular formula is C11H10BrFO3S. The highest BCUT2D eigenvalue weighted by Crippen LogP contribution is 2.23. The van der Waals surface area contributed by atoms with Gasteiger partial charge in [0.2, 0.25) is 5.12 Å². The van der Waals surface area contributed by atoms with Crippen LogP contribution in [0.15, 0.2) is 16.6 Å². The van der Waals surface area contributed by atoms with Gasteiger partial charge in [-0.15, -0.1) is 12.6 Å². The van der Waals surface area contributed by atoms with E-state index in [1.165, 1.54) is 6.07 Å². The molecule has 1 aromatic carbocycles. The maximum Gasteiger partial charge on any atom is 0.310 e. The largest absolute Gasteiger partial charge is 0.466 e. The number of rotatable bonds is 4. The minimum Gasteiger partial charge on any atom is -0.466 e. The molecular weight excluding hydrogens is 311 g/mol. The Kier molecular flexibility index (Phi) is 5.14. The summed E-state index contributed by atoms with van der Waals surface area (Å²) in [7, 11) is 0. The van der Waals surface area contributed by atoms with Crippen LogP contribution in [0.4, 0.5) is 4.39 Å². The first-order valence-corrected chi connectivity index (χ1v) is 6.06. The SMILES string of the molecule is CCOC(=O)Cc1cc(C(=O)S)c(F)cc1Br. The topological polar surface area (TPSA) is 43.4 Å². The molecule has 0 heterocycles. The minimum absolute atomic E-state index is 0.0250. The van der Waals surface area contributed by atoms with E-state index < -0.39 is 16.9 Å². The normalized spacial score (nSPS) is 10.1. The molecule has 0 saturated heterocycles. The molecule has 3 nitrogen and oxygen atoms in total. The fourth-order valence-electron chi connectivity index (χ4n) is 1.26. The first-order valence-electron chi connectivity index (χ1n) is 4.82. The lowest BCUT2D eigenvalue weighted by atomic mass is 10.1. The van der Waals surface area contributed by atoms with E-state index in [9.17, 15) is 14.0 Å². The minimum atomic E-state index is -0.680. The van der Waals surface area contributed by atoms with Crippen LogP contribution < -0.4 is 0 Å². The second-order valence-electron chi connectivity index (χ2n) is 3.21. The maximum atomic E-state index is 13.4. The van der Waals surface area contributed by atoms with Gasteiger partial charge in [0.1, 0.15) is 5.82 Å². The van der Waals surface area contributed by atoms with Gasteiger partial charge in [0, 0.05) is 4.47 Å². The summed E-state index contributed by atoms with van der Waals surface area (Å²) in [6.45, 7) is 1.97. The van der Waals surface area contributed by atoms with Crippen molar-refractivity contribution in [1.82, 2.24) is 0 Å². The van der Waals surface area contributed by atoms with Crippen molar-refractivity contribution in [3.05, 3.63) is 33.5 Å². The van der Waals surface area contributed by atoms with Crippen LogP contribution >= 0.6 is 28.6 Å². The first-order chi connectivity index (χ1) is 7.95. The zero-order valence-corrected chi connectivity index (χ0v) is 11.5. The van der Waals surface area contributed by atoms with E-state index in [2.05, 4.69) is 28.6 Å². The van der Waals surface area contributed by atoms with Crippen LogP contribution in [-0.2, 0) is 16.0 Å². The lowest BCUT2D eigenvalue weighted by molar-refractivity contribution is -0.142. The molecule has 0 aliphatic carbocycles. The number of carbonyl (C=O) groups is 2. The van der Waals surface area contributed by atoms with Crippen LogP contribution in [0, 0.1) is 5.82 Å². The van der Waals surface area contributed by atoms with E-state index in [4.69, 9.17) is 4.74 Å². The van der Waals surface area contributed by atoms with Crippen molar-refractivity contribution in [3.8, 4) is 0 Å². The van der Waals surface area contributed by atoms with Gasteiger partial charge in [-0.3, -0.25) is 9.59 Å². The van der Waals surface area contributed by atoms with Crippen molar-refractivity contribution in [2.45, 2.75) is 13.3 Å². The third-order valence-electron chi connectivity index (χ3n) is 2.01. The Morgan fingerprint density at radius 2 is 2.12 bits per heavy atom. The molecule has 0 bridgehead atoms. The summed E-state index contributed by atoms with van der Waals surface area (Å²) >= 11 is 6.69. The second kappa shape index (κ2) is 6.16. The van der Waals surface area contributed by atoms with Crippen LogP contribution in [-0.4, -0.2) is 17.7 Å². The average Bonchev–Trinajstić information content (AvgIpc) is 2.21. The molecule has 92 valence electrons. The molecule has 0 aliphatic heterocycles. The first kappa shape index (κ1) is 14.2. The third kappa shape index (κ3) is 3.81. The molecule has 0 amide bonds. The highest BCUT2D eigenvalue weighted by Gasteiger charge is 2.15. The fourth-order valence-corrected chi connectivity index (χ4v) is 1.89. The predicted octanol–water partition coefficient (Wildman–Crippen LogP) is 2.76. The molecule has 0 radical (unpaired) electrons. The summed E-state index contributed by atoms with van der Waals surface area (Å²) in [5, 5.41) is -0.680. The van der Waals surface area contributed by atoms with E-state index in [1.807, 2.05) is 0 Å². The van der Waals surface area contributed by atoms with Gasteiger partial charge < -0.3 is 4.74 Å². The molecule has 0 aliphatic rings. The molecule has 1 aromatic rings. The average molecular weight is 321 g/mol. The Morgan fingerprint density at radius 3 is 2.65 bits per heavy atom. The Balaban J connectivity index is 3.03. The van der Waals surface area contributed by atoms with Crippen molar-refractivity contribution >= 4 is 39.6 Å². The number of hydrogen-bond acceptors (Lipinski definition) is 3.